The first-order valence-electron chi connectivity index (χ1n) is 7.99. The van der Waals surface area contributed by atoms with Crippen molar-refractivity contribution in [1.29, 1.82) is 0 Å². The summed E-state index contributed by atoms with van der Waals surface area (Å²) < 4.78 is 3.49. The number of halogens is 1. The number of hydrogen-bond acceptors (Lipinski definition) is 4. The first-order valence-corrected chi connectivity index (χ1v) is 8.37. The van der Waals surface area contributed by atoms with Crippen molar-refractivity contribution in [3.8, 4) is 0 Å². The van der Waals surface area contributed by atoms with Crippen LogP contribution in [0.1, 0.15) is 13.3 Å². The van der Waals surface area contributed by atoms with Crippen LogP contribution in [0.2, 0.25) is 5.02 Å². The van der Waals surface area contributed by atoms with Crippen molar-refractivity contribution in [1.82, 2.24) is 24.6 Å². The molecule has 3 rings (SSSR count). The smallest absolute Gasteiger partial charge is 0.261 e. The Balaban J connectivity index is 1.52. The molecule has 0 aliphatic rings. The molecule has 0 amide bonds. The third-order valence-corrected chi connectivity index (χ3v) is 4.06. The fraction of sp³-hybridized carbons (Fsp3) is 0.353. The fourth-order valence-corrected chi connectivity index (χ4v) is 2.80. The fourth-order valence-electron chi connectivity index (χ4n) is 2.65. The number of nitrogens with zero attached hydrogens (tertiary/aromatic N) is 4. The zero-order chi connectivity index (χ0) is 16.9. The SMILES string of the molecule is C[C@@H](Cn1cnc2ccccc2c1=O)NCCCn1cc(Cl)cn1. The summed E-state index contributed by atoms with van der Waals surface area (Å²) in [6.45, 7) is 4.30. The van der Waals surface area contributed by atoms with Crippen LogP contribution in [0, 0.1) is 0 Å². The van der Waals surface area contributed by atoms with Gasteiger partial charge in [0.05, 0.1) is 28.4 Å². The highest BCUT2D eigenvalue weighted by Gasteiger charge is 2.07. The van der Waals surface area contributed by atoms with Crippen LogP contribution in [0.4, 0.5) is 0 Å². The van der Waals surface area contributed by atoms with E-state index in [2.05, 4.69) is 22.3 Å². The van der Waals surface area contributed by atoms with Gasteiger partial charge in [0.15, 0.2) is 0 Å². The van der Waals surface area contributed by atoms with Gasteiger partial charge in [-0.25, -0.2) is 4.98 Å². The average molecular weight is 346 g/mol. The van der Waals surface area contributed by atoms with Crippen molar-refractivity contribution in [2.24, 2.45) is 0 Å². The quantitative estimate of drug-likeness (QED) is 0.667. The van der Waals surface area contributed by atoms with Crippen molar-refractivity contribution >= 4 is 22.5 Å². The number of aromatic nitrogens is 4. The van der Waals surface area contributed by atoms with Gasteiger partial charge in [0, 0.05) is 25.3 Å². The molecule has 24 heavy (non-hydrogen) atoms. The molecule has 0 aliphatic carbocycles. The second-order valence-electron chi connectivity index (χ2n) is 5.85. The van der Waals surface area contributed by atoms with Crippen LogP contribution < -0.4 is 10.9 Å². The molecular weight excluding hydrogens is 326 g/mol. The number of hydrogen-bond donors (Lipinski definition) is 1. The van der Waals surface area contributed by atoms with Crippen LogP contribution in [0.15, 0.2) is 47.8 Å². The largest absolute Gasteiger partial charge is 0.312 e. The molecule has 3 aromatic rings. The van der Waals surface area contributed by atoms with Gasteiger partial charge < -0.3 is 5.32 Å². The molecule has 7 heteroatoms. The monoisotopic (exact) mass is 345 g/mol. The second-order valence-corrected chi connectivity index (χ2v) is 6.29. The molecule has 2 aromatic heterocycles. The highest BCUT2D eigenvalue weighted by molar-refractivity contribution is 6.30. The number of aryl methyl sites for hydroxylation is 1. The van der Waals surface area contributed by atoms with Crippen LogP contribution in [-0.4, -0.2) is 31.9 Å². The molecule has 0 bridgehead atoms. The maximum atomic E-state index is 12.5. The van der Waals surface area contributed by atoms with Gasteiger partial charge in [-0.2, -0.15) is 5.10 Å². The lowest BCUT2D eigenvalue weighted by Gasteiger charge is -2.15. The lowest BCUT2D eigenvalue weighted by Crippen LogP contribution is -2.35. The Labute approximate surface area is 145 Å². The Morgan fingerprint density at radius 3 is 2.96 bits per heavy atom. The van der Waals surface area contributed by atoms with Crippen LogP contribution in [0.3, 0.4) is 0 Å². The van der Waals surface area contributed by atoms with Crippen molar-refractivity contribution < 1.29 is 0 Å². The topological polar surface area (TPSA) is 64.7 Å². The first-order chi connectivity index (χ1) is 11.6. The number of nitrogens with one attached hydrogen (secondary N) is 1. The van der Waals surface area contributed by atoms with Crippen molar-refractivity contribution in [3.05, 3.63) is 58.4 Å². The summed E-state index contributed by atoms with van der Waals surface area (Å²) in [4.78, 5) is 16.8. The Morgan fingerprint density at radius 2 is 2.17 bits per heavy atom. The summed E-state index contributed by atoms with van der Waals surface area (Å²) >= 11 is 5.83. The average Bonchev–Trinajstić information content (AvgIpc) is 3.00. The van der Waals surface area contributed by atoms with Gasteiger partial charge in [0.2, 0.25) is 0 Å². The second kappa shape index (κ2) is 7.59. The molecule has 0 saturated carbocycles. The van der Waals surface area contributed by atoms with Gasteiger partial charge in [0.1, 0.15) is 0 Å². The number of rotatable bonds is 7. The molecule has 0 unspecified atom stereocenters. The molecule has 0 fully saturated rings. The molecular formula is C17H20ClN5O. The summed E-state index contributed by atoms with van der Waals surface area (Å²) in [6, 6.07) is 7.58. The third-order valence-electron chi connectivity index (χ3n) is 3.86. The van der Waals surface area contributed by atoms with E-state index in [1.54, 1.807) is 17.1 Å². The Morgan fingerprint density at radius 1 is 1.33 bits per heavy atom. The summed E-state index contributed by atoms with van der Waals surface area (Å²) in [5, 5.41) is 8.87. The van der Waals surface area contributed by atoms with E-state index in [0.29, 0.717) is 17.0 Å². The van der Waals surface area contributed by atoms with Crippen molar-refractivity contribution in [2.45, 2.75) is 32.5 Å². The molecule has 126 valence electrons. The Bertz CT molecular complexity index is 873. The minimum absolute atomic E-state index is 0.000401. The molecule has 0 aliphatic heterocycles. The van der Waals surface area contributed by atoms with E-state index in [1.807, 2.05) is 35.1 Å². The van der Waals surface area contributed by atoms with E-state index in [1.165, 1.54) is 0 Å². The van der Waals surface area contributed by atoms with Crippen molar-refractivity contribution in [3.63, 3.8) is 0 Å². The van der Waals surface area contributed by atoms with Gasteiger partial charge >= 0.3 is 0 Å². The summed E-state index contributed by atoms with van der Waals surface area (Å²) in [5.41, 5.74) is 0.734. The van der Waals surface area contributed by atoms with Crippen molar-refractivity contribution in [2.75, 3.05) is 6.54 Å². The predicted octanol–water partition coefficient (Wildman–Crippen LogP) is 2.31. The summed E-state index contributed by atoms with van der Waals surface area (Å²) in [5.74, 6) is 0. The molecule has 2 heterocycles. The van der Waals surface area contributed by atoms with E-state index in [-0.39, 0.29) is 11.6 Å². The van der Waals surface area contributed by atoms with Crippen LogP contribution in [0.5, 0.6) is 0 Å². The van der Waals surface area contributed by atoms with E-state index < -0.39 is 0 Å². The predicted molar refractivity (Wildman–Crippen MR) is 95.3 cm³/mol. The van der Waals surface area contributed by atoms with Crippen LogP contribution in [0.25, 0.3) is 10.9 Å². The summed E-state index contributed by atoms with van der Waals surface area (Å²) in [7, 11) is 0. The standard InChI is InChI=1S/C17H20ClN5O/c1-13(19-7-4-8-23-11-14(18)9-21-23)10-22-12-20-16-6-3-2-5-15(16)17(22)24/h2-3,5-6,9,11-13,19H,4,7-8,10H2,1H3/t13-/m0/s1. The van der Waals surface area contributed by atoms with Crippen LogP contribution >= 0.6 is 11.6 Å². The molecule has 1 atom stereocenters. The summed E-state index contributed by atoms with van der Waals surface area (Å²) in [6.07, 6.45) is 6.00. The minimum Gasteiger partial charge on any atom is -0.312 e. The van der Waals surface area contributed by atoms with Gasteiger partial charge in [-0.3, -0.25) is 14.0 Å². The molecule has 1 aromatic carbocycles. The lowest BCUT2D eigenvalue weighted by atomic mass is 10.2. The third kappa shape index (κ3) is 4.01. The van der Waals surface area contributed by atoms with E-state index >= 15 is 0 Å². The Kier molecular flexibility index (Phi) is 5.27. The number of fused-ring (bicyclic) bond motifs is 1. The van der Waals surface area contributed by atoms with E-state index in [0.717, 1.165) is 25.0 Å². The van der Waals surface area contributed by atoms with Gasteiger partial charge in [-0.15, -0.1) is 0 Å². The maximum Gasteiger partial charge on any atom is 0.261 e. The van der Waals surface area contributed by atoms with E-state index in [9.17, 15) is 4.79 Å². The van der Waals surface area contributed by atoms with E-state index in [4.69, 9.17) is 11.6 Å². The number of para-hydroxylation sites is 1. The number of benzene rings is 1. The molecule has 6 nitrogen and oxygen atoms in total. The van der Waals surface area contributed by atoms with Gasteiger partial charge in [-0.05, 0) is 32.0 Å². The maximum absolute atomic E-state index is 12.5. The molecule has 0 spiro atoms. The first kappa shape index (κ1) is 16.7. The highest BCUT2D eigenvalue weighted by Crippen LogP contribution is 2.06. The van der Waals surface area contributed by atoms with Crippen LogP contribution in [-0.2, 0) is 13.1 Å². The zero-order valence-corrected chi connectivity index (χ0v) is 14.3. The van der Waals surface area contributed by atoms with Gasteiger partial charge in [-0.1, -0.05) is 23.7 Å². The molecule has 0 saturated heterocycles. The zero-order valence-electron chi connectivity index (χ0n) is 13.5. The molecule has 0 radical (unpaired) electrons. The molecule has 1 N–H and O–H groups in total. The highest BCUT2D eigenvalue weighted by atomic mass is 35.5. The van der Waals surface area contributed by atoms with Gasteiger partial charge in [0.25, 0.3) is 5.56 Å². The normalized spacial score (nSPS) is 12.6. The Hall–Kier alpha value is -2.18. The lowest BCUT2D eigenvalue weighted by molar-refractivity contribution is 0.448. The minimum atomic E-state index is 0.000401.